The molecule has 2 rings (SSSR count). The van der Waals surface area contributed by atoms with Crippen LogP contribution in [0.25, 0.3) is 0 Å². The number of aryl methyl sites for hydroxylation is 4. The normalized spacial score (nSPS) is 10.9. The molecule has 0 amide bonds. The quantitative estimate of drug-likeness (QED) is 0.770. The highest BCUT2D eigenvalue weighted by atomic mass is 32.2. The van der Waals surface area contributed by atoms with Crippen molar-refractivity contribution in [3.63, 3.8) is 0 Å². The van der Waals surface area contributed by atoms with Gasteiger partial charge in [0.2, 0.25) is 0 Å². The molecule has 112 valence electrons. The smallest absolute Gasteiger partial charge is 0.121 e. The first-order valence-corrected chi connectivity index (χ1v) is 7.98. The average molecular weight is 322 g/mol. The maximum Gasteiger partial charge on any atom is 0.121 e. The van der Waals surface area contributed by atoms with Crippen molar-refractivity contribution in [1.82, 2.24) is 0 Å². The lowest BCUT2D eigenvalue weighted by molar-refractivity contribution is 0.466. The van der Waals surface area contributed by atoms with Crippen molar-refractivity contribution in [2.24, 2.45) is 0 Å². The summed E-state index contributed by atoms with van der Waals surface area (Å²) in [6, 6.07) is 7.56. The van der Waals surface area contributed by atoms with Crippen LogP contribution in [0.3, 0.4) is 0 Å². The largest absolute Gasteiger partial charge is 0.507 e. The number of benzene rings is 2. The third kappa shape index (κ3) is 3.87. The summed E-state index contributed by atoms with van der Waals surface area (Å²) in [5, 5.41) is 19.5. The molecular formula is C16H18O3S2. The lowest BCUT2D eigenvalue weighted by Crippen LogP contribution is -1.84. The van der Waals surface area contributed by atoms with Gasteiger partial charge in [0, 0.05) is 33.9 Å². The van der Waals surface area contributed by atoms with Gasteiger partial charge in [-0.05, 0) is 74.2 Å². The van der Waals surface area contributed by atoms with E-state index in [9.17, 15) is 10.2 Å². The fraction of sp³-hybridized carbons (Fsp3) is 0.250. The van der Waals surface area contributed by atoms with Crippen molar-refractivity contribution in [3.8, 4) is 11.5 Å². The Morgan fingerprint density at radius 3 is 1.24 bits per heavy atom. The van der Waals surface area contributed by atoms with Crippen LogP contribution in [0.5, 0.6) is 11.5 Å². The minimum Gasteiger partial charge on any atom is -0.507 e. The van der Waals surface area contributed by atoms with Gasteiger partial charge in [0.1, 0.15) is 11.5 Å². The van der Waals surface area contributed by atoms with E-state index in [0.29, 0.717) is 11.5 Å². The molecule has 0 aliphatic heterocycles. The first kappa shape index (κ1) is 16.1. The van der Waals surface area contributed by atoms with E-state index in [-0.39, 0.29) is 0 Å². The molecule has 0 atom stereocenters. The van der Waals surface area contributed by atoms with Gasteiger partial charge in [-0.15, -0.1) is 0 Å². The van der Waals surface area contributed by atoms with E-state index < -0.39 is 0 Å². The van der Waals surface area contributed by atoms with Crippen molar-refractivity contribution in [1.29, 1.82) is 0 Å². The minimum atomic E-state index is 0.330. The Hall–Kier alpha value is -1.30. The Morgan fingerprint density at radius 2 is 0.952 bits per heavy atom. The zero-order valence-corrected chi connectivity index (χ0v) is 14.1. The van der Waals surface area contributed by atoms with E-state index >= 15 is 0 Å². The SMILES string of the molecule is Cc1cc(SOSc2cc(C)c(O)c(C)c2)cc(C)c1O. The molecule has 3 nitrogen and oxygen atoms in total. The standard InChI is InChI=1S/C16H18O3S2/c1-9-5-13(6-10(2)15(9)17)20-19-21-14-7-11(3)16(18)12(4)8-14/h5-8,17-18H,1-4H3. The number of aromatic hydroxyl groups is 2. The Morgan fingerprint density at radius 1 is 0.667 bits per heavy atom. The van der Waals surface area contributed by atoms with Crippen LogP contribution in [0.2, 0.25) is 0 Å². The van der Waals surface area contributed by atoms with Crippen LogP contribution in [-0.2, 0) is 3.63 Å². The Kier molecular flexibility index (Phi) is 5.08. The molecule has 0 aliphatic carbocycles. The molecule has 5 heteroatoms. The van der Waals surface area contributed by atoms with E-state index in [1.165, 1.54) is 24.1 Å². The summed E-state index contributed by atoms with van der Waals surface area (Å²) < 4.78 is 5.58. The van der Waals surface area contributed by atoms with Crippen molar-refractivity contribution >= 4 is 24.1 Å². The highest BCUT2D eigenvalue weighted by Gasteiger charge is 2.07. The lowest BCUT2D eigenvalue weighted by atomic mass is 10.1. The summed E-state index contributed by atoms with van der Waals surface area (Å²) in [7, 11) is 0. The Labute approximate surface area is 133 Å². The van der Waals surface area contributed by atoms with Crippen molar-refractivity contribution in [2.45, 2.75) is 37.5 Å². The molecular weight excluding hydrogens is 304 g/mol. The van der Waals surface area contributed by atoms with Gasteiger partial charge in [0.25, 0.3) is 0 Å². The molecule has 0 saturated heterocycles. The first-order valence-electron chi connectivity index (χ1n) is 6.50. The minimum absolute atomic E-state index is 0.330. The van der Waals surface area contributed by atoms with Crippen molar-refractivity contribution < 1.29 is 13.8 Å². The van der Waals surface area contributed by atoms with Gasteiger partial charge in [0.05, 0.1) is 0 Å². The third-order valence-electron chi connectivity index (χ3n) is 3.19. The van der Waals surface area contributed by atoms with Crippen molar-refractivity contribution in [2.75, 3.05) is 0 Å². The second kappa shape index (κ2) is 6.64. The van der Waals surface area contributed by atoms with Crippen molar-refractivity contribution in [3.05, 3.63) is 46.5 Å². The van der Waals surface area contributed by atoms with E-state index in [1.54, 1.807) is 0 Å². The van der Waals surface area contributed by atoms with Crippen LogP contribution in [0.15, 0.2) is 34.1 Å². The molecule has 0 spiro atoms. The van der Waals surface area contributed by atoms with Gasteiger partial charge in [-0.3, -0.25) is 0 Å². The van der Waals surface area contributed by atoms with Gasteiger partial charge < -0.3 is 10.2 Å². The summed E-state index contributed by atoms with van der Waals surface area (Å²) in [5.41, 5.74) is 3.34. The van der Waals surface area contributed by atoms with Crippen LogP contribution >= 0.6 is 24.1 Å². The molecule has 0 aromatic heterocycles. The molecule has 0 heterocycles. The number of phenolic OH excluding ortho intramolecular Hbond substituents is 2. The second-order valence-corrected chi connectivity index (χ2v) is 6.87. The molecule has 0 radical (unpaired) electrons. The lowest BCUT2D eigenvalue weighted by Gasteiger charge is -2.08. The zero-order valence-electron chi connectivity index (χ0n) is 12.4. The second-order valence-electron chi connectivity index (χ2n) is 5.05. The monoisotopic (exact) mass is 322 g/mol. The molecule has 2 aromatic carbocycles. The van der Waals surface area contributed by atoms with Crippen LogP contribution < -0.4 is 0 Å². The van der Waals surface area contributed by atoms with Gasteiger partial charge in [0.15, 0.2) is 0 Å². The molecule has 0 aliphatic rings. The Bertz CT molecular complexity index is 565. The summed E-state index contributed by atoms with van der Waals surface area (Å²) in [6.45, 7) is 7.47. The number of phenols is 2. The highest BCUT2D eigenvalue weighted by molar-refractivity contribution is 8.07. The fourth-order valence-corrected chi connectivity index (χ4v) is 3.69. The number of rotatable bonds is 4. The molecule has 2 N–H and O–H groups in total. The molecule has 0 saturated carbocycles. The molecule has 2 aromatic rings. The topological polar surface area (TPSA) is 49.7 Å². The summed E-state index contributed by atoms with van der Waals surface area (Å²) >= 11 is 2.52. The van der Waals surface area contributed by atoms with Crippen LogP contribution in [0.1, 0.15) is 22.3 Å². The van der Waals surface area contributed by atoms with Gasteiger partial charge in [-0.2, -0.15) is 0 Å². The highest BCUT2D eigenvalue weighted by Crippen LogP contribution is 2.35. The molecule has 21 heavy (non-hydrogen) atoms. The summed E-state index contributed by atoms with van der Waals surface area (Å²) in [4.78, 5) is 1.89. The maximum absolute atomic E-state index is 9.74. The number of hydrogen-bond acceptors (Lipinski definition) is 5. The molecule has 0 bridgehead atoms. The third-order valence-corrected chi connectivity index (χ3v) is 4.59. The Balaban J connectivity index is 2.02. The van der Waals surface area contributed by atoms with E-state index in [2.05, 4.69) is 0 Å². The van der Waals surface area contributed by atoms with Crippen LogP contribution in [0.4, 0.5) is 0 Å². The average Bonchev–Trinajstić information content (AvgIpc) is 2.42. The predicted octanol–water partition coefficient (Wildman–Crippen LogP) is 5.06. The van der Waals surface area contributed by atoms with E-state index in [0.717, 1.165) is 32.0 Å². The summed E-state index contributed by atoms with van der Waals surface area (Å²) in [6.07, 6.45) is 0. The van der Waals surface area contributed by atoms with Gasteiger partial charge in [-0.25, -0.2) is 3.63 Å². The van der Waals surface area contributed by atoms with E-state index in [1.807, 2.05) is 52.0 Å². The van der Waals surface area contributed by atoms with Gasteiger partial charge in [-0.1, -0.05) is 0 Å². The first-order chi connectivity index (χ1) is 9.88. The maximum atomic E-state index is 9.74. The molecule has 0 fully saturated rings. The summed E-state index contributed by atoms with van der Waals surface area (Å²) in [5.74, 6) is 0.661. The van der Waals surface area contributed by atoms with Gasteiger partial charge >= 0.3 is 0 Å². The van der Waals surface area contributed by atoms with Crippen LogP contribution in [-0.4, -0.2) is 10.2 Å². The number of hydrogen-bond donors (Lipinski definition) is 2. The van der Waals surface area contributed by atoms with E-state index in [4.69, 9.17) is 3.63 Å². The fourth-order valence-electron chi connectivity index (χ4n) is 2.02. The zero-order chi connectivity index (χ0) is 15.6. The predicted molar refractivity (Wildman–Crippen MR) is 88.0 cm³/mol. The molecule has 0 unspecified atom stereocenters. The van der Waals surface area contributed by atoms with Crippen LogP contribution in [0, 0.1) is 27.7 Å².